The Labute approximate surface area is 207 Å². The standard InChI is InChI=1S/C27H32N4O3S/c1-20-18-30(19-25-8-5-17-34-25)15-16-31(20)21(2)22-10-12-24(13-11-22)29-35(32,33)26-9-3-6-23-7-4-14-28-27(23)26/h3-4,6-7,9-14,20,25,29H,2,5,8,15-19H2,1H3/t20-,25?/m1/s1. The molecule has 3 heterocycles. The van der Waals surface area contributed by atoms with Gasteiger partial charge in [0.15, 0.2) is 0 Å². The molecular weight excluding hydrogens is 460 g/mol. The highest BCUT2D eigenvalue weighted by Crippen LogP contribution is 2.27. The van der Waals surface area contributed by atoms with Gasteiger partial charge in [0.05, 0.1) is 11.6 Å². The number of fused-ring (bicyclic) bond motifs is 1. The summed E-state index contributed by atoms with van der Waals surface area (Å²) in [5.74, 6) is 0. The molecule has 0 bridgehead atoms. The number of para-hydroxylation sites is 1. The van der Waals surface area contributed by atoms with Crippen molar-refractivity contribution >= 4 is 32.3 Å². The number of ether oxygens (including phenoxy) is 1. The van der Waals surface area contributed by atoms with Crippen molar-refractivity contribution in [2.75, 3.05) is 37.5 Å². The minimum absolute atomic E-state index is 0.166. The van der Waals surface area contributed by atoms with Gasteiger partial charge in [0.25, 0.3) is 10.0 Å². The molecule has 0 spiro atoms. The Kier molecular flexibility index (Phi) is 6.77. The predicted molar refractivity (Wildman–Crippen MR) is 140 cm³/mol. The highest BCUT2D eigenvalue weighted by Gasteiger charge is 2.28. The summed E-state index contributed by atoms with van der Waals surface area (Å²) in [7, 11) is -3.78. The number of pyridine rings is 1. The largest absolute Gasteiger partial charge is 0.377 e. The molecule has 1 unspecified atom stereocenters. The molecule has 0 aliphatic carbocycles. The number of benzene rings is 2. The molecular formula is C27H32N4O3S. The van der Waals surface area contributed by atoms with Gasteiger partial charge in [-0.25, -0.2) is 8.42 Å². The third-order valence-electron chi connectivity index (χ3n) is 6.90. The number of hydrogen-bond acceptors (Lipinski definition) is 6. The van der Waals surface area contributed by atoms with Crippen LogP contribution in [0.1, 0.15) is 25.3 Å². The van der Waals surface area contributed by atoms with Gasteiger partial charge in [0, 0.05) is 61.8 Å². The van der Waals surface area contributed by atoms with Crippen LogP contribution in [0.2, 0.25) is 0 Å². The second-order valence-corrected chi connectivity index (χ2v) is 11.0. The lowest BCUT2D eigenvalue weighted by Crippen LogP contribution is -2.52. The van der Waals surface area contributed by atoms with Gasteiger partial charge in [-0.3, -0.25) is 14.6 Å². The fourth-order valence-corrected chi connectivity index (χ4v) is 6.32. The van der Waals surface area contributed by atoms with Gasteiger partial charge in [-0.05, 0) is 49.6 Å². The number of nitrogens with zero attached hydrogens (tertiary/aromatic N) is 3. The van der Waals surface area contributed by atoms with Crippen molar-refractivity contribution in [3.63, 3.8) is 0 Å². The lowest BCUT2D eigenvalue weighted by Gasteiger charge is -2.42. The summed E-state index contributed by atoms with van der Waals surface area (Å²) in [6, 6.07) is 16.6. The number of nitrogens with one attached hydrogen (secondary N) is 1. The summed E-state index contributed by atoms with van der Waals surface area (Å²) in [5.41, 5.74) is 2.91. The highest BCUT2D eigenvalue weighted by atomic mass is 32.2. The van der Waals surface area contributed by atoms with Gasteiger partial charge >= 0.3 is 0 Å². The Balaban J connectivity index is 1.24. The van der Waals surface area contributed by atoms with E-state index in [0.29, 0.717) is 23.3 Å². The Bertz CT molecular complexity index is 1300. The molecule has 2 aromatic carbocycles. The van der Waals surface area contributed by atoms with Crippen molar-refractivity contribution in [3.8, 4) is 0 Å². The zero-order valence-electron chi connectivity index (χ0n) is 20.1. The molecule has 2 aliphatic heterocycles. The predicted octanol–water partition coefficient (Wildman–Crippen LogP) is 4.19. The molecule has 2 aliphatic rings. The summed E-state index contributed by atoms with van der Waals surface area (Å²) in [4.78, 5) is 9.27. The van der Waals surface area contributed by atoms with Crippen LogP contribution in [0.15, 0.2) is 72.3 Å². The van der Waals surface area contributed by atoms with Gasteiger partial charge in [-0.15, -0.1) is 0 Å². The Morgan fingerprint density at radius 1 is 1.14 bits per heavy atom. The zero-order chi connectivity index (χ0) is 24.4. The molecule has 35 heavy (non-hydrogen) atoms. The van der Waals surface area contributed by atoms with Gasteiger partial charge in [0.1, 0.15) is 4.90 Å². The monoisotopic (exact) mass is 492 g/mol. The first kappa shape index (κ1) is 23.8. The molecule has 1 aromatic heterocycles. The van der Waals surface area contributed by atoms with Crippen LogP contribution >= 0.6 is 0 Å². The van der Waals surface area contributed by atoms with E-state index in [1.165, 1.54) is 6.42 Å². The van der Waals surface area contributed by atoms with E-state index in [9.17, 15) is 8.42 Å². The Morgan fingerprint density at radius 3 is 2.69 bits per heavy atom. The molecule has 0 saturated carbocycles. The minimum Gasteiger partial charge on any atom is -0.377 e. The van der Waals surface area contributed by atoms with Crippen LogP contribution in [0.25, 0.3) is 16.6 Å². The van der Waals surface area contributed by atoms with Crippen LogP contribution in [-0.4, -0.2) is 68.1 Å². The highest BCUT2D eigenvalue weighted by molar-refractivity contribution is 7.93. The smallest absolute Gasteiger partial charge is 0.264 e. The van der Waals surface area contributed by atoms with E-state index in [1.807, 2.05) is 24.3 Å². The van der Waals surface area contributed by atoms with E-state index in [-0.39, 0.29) is 4.90 Å². The normalized spacial score (nSPS) is 21.3. The van der Waals surface area contributed by atoms with Gasteiger partial charge < -0.3 is 9.64 Å². The van der Waals surface area contributed by atoms with E-state index >= 15 is 0 Å². The quantitative estimate of drug-likeness (QED) is 0.533. The Hall–Kier alpha value is -2.94. The molecule has 5 rings (SSSR count). The SMILES string of the molecule is C=C(c1ccc(NS(=O)(=O)c2cccc3cccnc23)cc1)N1CCN(CC2CCCO2)C[C@H]1C. The first-order valence-electron chi connectivity index (χ1n) is 12.2. The Morgan fingerprint density at radius 2 is 1.94 bits per heavy atom. The maximum atomic E-state index is 13.1. The third-order valence-corrected chi connectivity index (χ3v) is 8.31. The van der Waals surface area contributed by atoms with Gasteiger partial charge in [-0.2, -0.15) is 0 Å². The maximum absolute atomic E-state index is 13.1. The van der Waals surface area contributed by atoms with Crippen molar-refractivity contribution in [3.05, 3.63) is 72.9 Å². The summed E-state index contributed by atoms with van der Waals surface area (Å²) in [6.45, 7) is 11.4. The molecule has 7 nitrogen and oxygen atoms in total. The topological polar surface area (TPSA) is 74.8 Å². The molecule has 184 valence electrons. The van der Waals surface area contributed by atoms with Crippen molar-refractivity contribution in [1.82, 2.24) is 14.8 Å². The minimum atomic E-state index is -3.78. The lowest BCUT2D eigenvalue weighted by atomic mass is 10.1. The number of rotatable bonds is 7. The summed E-state index contributed by atoms with van der Waals surface area (Å²) in [6.07, 6.45) is 4.31. The van der Waals surface area contributed by atoms with Crippen LogP contribution in [-0.2, 0) is 14.8 Å². The van der Waals surface area contributed by atoms with Gasteiger partial charge in [0.2, 0.25) is 0 Å². The number of piperazine rings is 1. The van der Waals surface area contributed by atoms with E-state index in [4.69, 9.17) is 4.74 Å². The summed E-state index contributed by atoms with van der Waals surface area (Å²) < 4.78 is 34.7. The van der Waals surface area contributed by atoms with E-state index in [0.717, 1.165) is 55.9 Å². The summed E-state index contributed by atoms with van der Waals surface area (Å²) in [5, 5.41) is 0.784. The first-order valence-corrected chi connectivity index (χ1v) is 13.7. The average Bonchev–Trinajstić information content (AvgIpc) is 3.37. The van der Waals surface area contributed by atoms with E-state index < -0.39 is 10.0 Å². The van der Waals surface area contributed by atoms with Crippen molar-refractivity contribution in [1.29, 1.82) is 0 Å². The fourth-order valence-electron chi connectivity index (χ4n) is 5.08. The average molecular weight is 493 g/mol. The molecule has 0 amide bonds. The number of sulfonamides is 1. The molecule has 0 radical (unpaired) electrons. The molecule has 3 aromatic rings. The van der Waals surface area contributed by atoms with Crippen molar-refractivity contribution < 1.29 is 13.2 Å². The van der Waals surface area contributed by atoms with Crippen LogP contribution in [0.5, 0.6) is 0 Å². The first-order chi connectivity index (χ1) is 16.9. The molecule has 8 heteroatoms. The number of hydrogen-bond donors (Lipinski definition) is 1. The maximum Gasteiger partial charge on any atom is 0.264 e. The molecule has 2 saturated heterocycles. The van der Waals surface area contributed by atoms with Crippen LogP contribution in [0.4, 0.5) is 5.69 Å². The second kappa shape index (κ2) is 9.97. The molecule has 2 atom stereocenters. The molecule has 1 N–H and O–H groups in total. The van der Waals surface area contributed by atoms with Crippen molar-refractivity contribution in [2.45, 2.75) is 36.8 Å². The van der Waals surface area contributed by atoms with Crippen molar-refractivity contribution in [2.24, 2.45) is 0 Å². The second-order valence-electron chi connectivity index (χ2n) is 9.40. The van der Waals surface area contributed by atoms with E-state index in [1.54, 1.807) is 36.5 Å². The third kappa shape index (κ3) is 5.19. The fraction of sp³-hybridized carbons (Fsp3) is 0.370. The number of aromatic nitrogens is 1. The van der Waals surface area contributed by atoms with Gasteiger partial charge in [-0.1, -0.05) is 36.9 Å². The molecule has 2 fully saturated rings. The van der Waals surface area contributed by atoms with Crippen LogP contribution in [0.3, 0.4) is 0 Å². The van der Waals surface area contributed by atoms with Crippen LogP contribution < -0.4 is 4.72 Å². The van der Waals surface area contributed by atoms with Crippen LogP contribution in [0, 0.1) is 0 Å². The van der Waals surface area contributed by atoms with E-state index in [2.05, 4.69) is 33.0 Å². The number of anilines is 1. The lowest BCUT2D eigenvalue weighted by molar-refractivity contribution is 0.0472. The zero-order valence-corrected chi connectivity index (χ0v) is 20.9. The summed E-state index contributed by atoms with van der Waals surface area (Å²) >= 11 is 0.